The fourth-order valence-corrected chi connectivity index (χ4v) is 3.78. The number of rotatable bonds is 8. The molecule has 1 saturated heterocycles. The summed E-state index contributed by atoms with van der Waals surface area (Å²) in [5.41, 5.74) is 0.829. The smallest absolute Gasteiger partial charge is 0.240 e. The molecule has 0 bridgehead atoms. The first-order valence-corrected chi connectivity index (χ1v) is 10.2. The molecule has 1 atom stereocenters. The lowest BCUT2D eigenvalue weighted by Gasteiger charge is -2.31. The van der Waals surface area contributed by atoms with Gasteiger partial charge in [-0.2, -0.15) is 4.98 Å². The average molecular weight is 411 g/mol. The van der Waals surface area contributed by atoms with Crippen LogP contribution in [0.5, 0.6) is 11.5 Å². The normalized spacial score (nSPS) is 17.1. The summed E-state index contributed by atoms with van der Waals surface area (Å²) in [5.74, 6) is 2.97. The molecule has 0 N–H and O–H groups in total. The van der Waals surface area contributed by atoms with E-state index in [1.54, 1.807) is 13.2 Å². The number of aromatic nitrogens is 2. The van der Waals surface area contributed by atoms with E-state index in [-0.39, 0.29) is 5.82 Å². The van der Waals surface area contributed by atoms with Gasteiger partial charge in [-0.05, 0) is 49.2 Å². The van der Waals surface area contributed by atoms with Gasteiger partial charge >= 0.3 is 0 Å². The molecule has 1 fully saturated rings. The Morgan fingerprint density at radius 3 is 2.90 bits per heavy atom. The van der Waals surface area contributed by atoms with Crippen LogP contribution in [-0.4, -0.2) is 41.8 Å². The lowest BCUT2D eigenvalue weighted by molar-refractivity contribution is 0.115. The van der Waals surface area contributed by atoms with Crippen molar-refractivity contribution in [3.05, 3.63) is 71.6 Å². The van der Waals surface area contributed by atoms with Gasteiger partial charge in [0.2, 0.25) is 5.89 Å². The van der Waals surface area contributed by atoms with Crippen LogP contribution in [0.1, 0.15) is 30.1 Å². The van der Waals surface area contributed by atoms with Gasteiger partial charge in [-0.1, -0.05) is 23.4 Å². The van der Waals surface area contributed by atoms with Crippen LogP contribution >= 0.6 is 0 Å². The summed E-state index contributed by atoms with van der Waals surface area (Å²) in [5, 5.41) is 4.05. The zero-order chi connectivity index (χ0) is 20.8. The van der Waals surface area contributed by atoms with Gasteiger partial charge in [0.05, 0.1) is 20.3 Å². The highest BCUT2D eigenvalue weighted by Crippen LogP contribution is 2.23. The van der Waals surface area contributed by atoms with Crippen LogP contribution in [0.3, 0.4) is 0 Å². The van der Waals surface area contributed by atoms with E-state index >= 15 is 0 Å². The number of nitrogens with zero attached hydrogens (tertiary/aromatic N) is 3. The summed E-state index contributed by atoms with van der Waals surface area (Å²) < 4.78 is 30.0. The molecule has 0 aliphatic carbocycles. The minimum atomic E-state index is -0.258. The third-order valence-corrected chi connectivity index (χ3v) is 5.25. The number of halogens is 1. The second-order valence-electron chi connectivity index (χ2n) is 7.64. The van der Waals surface area contributed by atoms with Gasteiger partial charge in [0.1, 0.15) is 17.3 Å². The summed E-state index contributed by atoms with van der Waals surface area (Å²) >= 11 is 0. The molecule has 1 aromatic heterocycles. The van der Waals surface area contributed by atoms with E-state index in [1.807, 2.05) is 30.3 Å². The molecule has 4 rings (SSSR count). The Balaban J connectivity index is 1.28. The molecule has 6 nitrogen and oxygen atoms in total. The Bertz CT molecular complexity index is 962. The zero-order valence-corrected chi connectivity index (χ0v) is 17.1. The lowest BCUT2D eigenvalue weighted by atomic mass is 9.99. The van der Waals surface area contributed by atoms with E-state index in [4.69, 9.17) is 14.0 Å². The highest BCUT2D eigenvalue weighted by atomic mass is 19.1. The summed E-state index contributed by atoms with van der Waals surface area (Å²) in [6.45, 7) is 3.20. The number of hydrogen-bond donors (Lipinski definition) is 0. The maximum absolute atomic E-state index is 13.3. The molecule has 1 aliphatic rings. The van der Waals surface area contributed by atoms with Crippen LogP contribution in [0.15, 0.2) is 53.1 Å². The molecule has 7 heteroatoms. The van der Waals surface area contributed by atoms with Gasteiger partial charge in [-0.15, -0.1) is 0 Å². The molecule has 30 heavy (non-hydrogen) atoms. The van der Waals surface area contributed by atoms with Crippen molar-refractivity contribution in [2.45, 2.75) is 25.8 Å². The van der Waals surface area contributed by atoms with E-state index in [2.05, 4.69) is 15.0 Å². The van der Waals surface area contributed by atoms with E-state index in [0.29, 0.717) is 37.2 Å². The van der Waals surface area contributed by atoms with Crippen LogP contribution in [0.4, 0.5) is 4.39 Å². The monoisotopic (exact) mass is 411 g/mol. The minimum Gasteiger partial charge on any atom is -0.497 e. The van der Waals surface area contributed by atoms with Crippen LogP contribution in [0, 0.1) is 11.7 Å². The zero-order valence-electron chi connectivity index (χ0n) is 17.1. The van der Waals surface area contributed by atoms with Crippen LogP contribution in [0.2, 0.25) is 0 Å². The Hall–Kier alpha value is -2.93. The van der Waals surface area contributed by atoms with Gasteiger partial charge in [0.15, 0.2) is 5.82 Å². The third kappa shape index (κ3) is 5.57. The van der Waals surface area contributed by atoms with Crippen molar-refractivity contribution < 1.29 is 18.4 Å². The number of hydrogen-bond acceptors (Lipinski definition) is 6. The molecule has 3 aromatic rings. The van der Waals surface area contributed by atoms with Crippen molar-refractivity contribution in [2.75, 3.05) is 26.8 Å². The minimum absolute atomic E-state index is 0.258. The maximum atomic E-state index is 13.3. The molecule has 158 valence electrons. The first-order valence-electron chi connectivity index (χ1n) is 10.2. The summed E-state index contributed by atoms with van der Waals surface area (Å²) in [6.07, 6.45) is 2.70. The van der Waals surface area contributed by atoms with Crippen molar-refractivity contribution in [1.29, 1.82) is 0 Å². The SMILES string of the molecule is COc1cccc(OC[C@@H]2CCCN(Cc3nc(Cc4cccc(F)c4)no3)C2)c1. The predicted octanol–water partition coefficient (Wildman–Crippen LogP) is 4.10. The fraction of sp³-hybridized carbons (Fsp3) is 0.391. The van der Waals surface area contributed by atoms with Gasteiger partial charge < -0.3 is 14.0 Å². The molecule has 2 aromatic carbocycles. The Morgan fingerprint density at radius 1 is 1.17 bits per heavy atom. The average Bonchev–Trinajstić information content (AvgIpc) is 3.19. The van der Waals surface area contributed by atoms with Crippen LogP contribution < -0.4 is 9.47 Å². The van der Waals surface area contributed by atoms with Crippen molar-refractivity contribution in [2.24, 2.45) is 5.92 Å². The third-order valence-electron chi connectivity index (χ3n) is 5.25. The Kier molecular flexibility index (Phi) is 6.59. The summed E-state index contributed by atoms with van der Waals surface area (Å²) in [6, 6.07) is 14.1. The second-order valence-corrected chi connectivity index (χ2v) is 7.64. The number of likely N-dealkylation sites (tertiary alicyclic amines) is 1. The van der Waals surface area contributed by atoms with Crippen molar-refractivity contribution in [1.82, 2.24) is 15.0 Å². The number of ether oxygens (including phenoxy) is 2. The topological polar surface area (TPSA) is 60.6 Å². The van der Waals surface area contributed by atoms with E-state index in [0.717, 1.165) is 43.0 Å². The van der Waals surface area contributed by atoms with Gasteiger partial charge in [-0.25, -0.2) is 4.39 Å². The predicted molar refractivity (Wildman–Crippen MR) is 110 cm³/mol. The van der Waals surface area contributed by atoms with E-state index in [1.165, 1.54) is 12.1 Å². The molecule has 0 radical (unpaired) electrons. The number of piperidine rings is 1. The second kappa shape index (κ2) is 9.71. The molecule has 0 saturated carbocycles. The quantitative estimate of drug-likeness (QED) is 0.556. The van der Waals surface area contributed by atoms with Gasteiger partial charge in [0, 0.05) is 24.9 Å². The van der Waals surface area contributed by atoms with Crippen LogP contribution in [-0.2, 0) is 13.0 Å². The van der Waals surface area contributed by atoms with Crippen molar-refractivity contribution in [3.8, 4) is 11.5 Å². The maximum Gasteiger partial charge on any atom is 0.240 e. The fourth-order valence-electron chi connectivity index (χ4n) is 3.78. The molecular weight excluding hydrogens is 385 g/mol. The molecular formula is C23H26FN3O3. The number of methoxy groups -OCH3 is 1. The number of benzene rings is 2. The highest BCUT2D eigenvalue weighted by molar-refractivity contribution is 5.32. The standard InChI is InChI=1S/C23H26FN3O3/c1-28-20-8-3-9-21(13-20)29-16-18-6-4-10-27(14-18)15-23-25-22(26-30-23)12-17-5-2-7-19(24)11-17/h2-3,5,7-9,11,13,18H,4,6,10,12,14-16H2,1H3/t18-/m1/s1. The van der Waals surface area contributed by atoms with Gasteiger partial charge in [-0.3, -0.25) is 4.90 Å². The summed E-state index contributed by atoms with van der Waals surface area (Å²) in [4.78, 5) is 6.80. The molecule has 0 unspecified atom stereocenters. The van der Waals surface area contributed by atoms with Crippen molar-refractivity contribution >= 4 is 0 Å². The van der Waals surface area contributed by atoms with E-state index in [9.17, 15) is 4.39 Å². The van der Waals surface area contributed by atoms with E-state index < -0.39 is 0 Å². The first-order chi connectivity index (χ1) is 14.7. The first kappa shape index (κ1) is 20.3. The molecule has 1 aliphatic heterocycles. The largest absolute Gasteiger partial charge is 0.497 e. The highest BCUT2D eigenvalue weighted by Gasteiger charge is 2.22. The lowest BCUT2D eigenvalue weighted by Crippen LogP contribution is -2.37. The van der Waals surface area contributed by atoms with Gasteiger partial charge in [0.25, 0.3) is 0 Å². The van der Waals surface area contributed by atoms with Crippen LogP contribution in [0.25, 0.3) is 0 Å². The molecule has 0 spiro atoms. The molecule has 0 amide bonds. The van der Waals surface area contributed by atoms with Crippen molar-refractivity contribution in [3.63, 3.8) is 0 Å². The molecule has 2 heterocycles. The Morgan fingerprint density at radius 2 is 2.03 bits per heavy atom. The summed E-state index contributed by atoms with van der Waals surface area (Å²) in [7, 11) is 1.65. The Labute approximate surface area is 175 Å².